The number of nitrogens with one attached hydrogen (secondary N) is 1. The first-order valence-electron chi connectivity index (χ1n) is 5.68. The monoisotopic (exact) mass is 313 g/mol. The molecule has 3 nitrogen and oxygen atoms in total. The van der Waals surface area contributed by atoms with E-state index in [0.717, 1.165) is 0 Å². The molecule has 0 aliphatic rings. The smallest absolute Gasteiger partial charge is 0.337 e. The predicted molar refractivity (Wildman–Crippen MR) is 77.1 cm³/mol. The number of hydrogen-bond acceptors (Lipinski definition) is 2. The fourth-order valence-electron chi connectivity index (χ4n) is 1.66. The van der Waals surface area contributed by atoms with Crippen molar-refractivity contribution in [3.8, 4) is 0 Å². The van der Waals surface area contributed by atoms with E-state index in [9.17, 15) is 9.18 Å². The van der Waals surface area contributed by atoms with Crippen LogP contribution in [0, 0.1) is 5.82 Å². The summed E-state index contributed by atoms with van der Waals surface area (Å²) in [6.45, 7) is 0.212. The molecule has 0 bridgehead atoms. The van der Waals surface area contributed by atoms with Gasteiger partial charge in [0.1, 0.15) is 5.82 Å². The molecule has 2 aromatic carbocycles. The highest BCUT2D eigenvalue weighted by Gasteiger charge is 2.09. The molecule has 0 aliphatic carbocycles. The van der Waals surface area contributed by atoms with E-state index in [1.54, 1.807) is 18.2 Å². The van der Waals surface area contributed by atoms with Gasteiger partial charge in [0.2, 0.25) is 0 Å². The van der Waals surface area contributed by atoms with Gasteiger partial charge in [-0.1, -0.05) is 29.3 Å². The molecule has 2 aromatic rings. The number of hydrogen-bond donors (Lipinski definition) is 2. The molecular formula is C14H10Cl2FNO2. The largest absolute Gasteiger partial charge is 0.478 e. The summed E-state index contributed by atoms with van der Waals surface area (Å²) in [4.78, 5) is 11.0. The number of anilines is 1. The van der Waals surface area contributed by atoms with Crippen LogP contribution < -0.4 is 5.32 Å². The molecule has 20 heavy (non-hydrogen) atoms. The minimum absolute atomic E-state index is 0.00625. The Morgan fingerprint density at radius 3 is 2.60 bits per heavy atom. The van der Waals surface area contributed by atoms with Crippen LogP contribution in [0.5, 0.6) is 0 Å². The quantitative estimate of drug-likeness (QED) is 0.877. The first-order chi connectivity index (χ1) is 9.47. The Bertz CT molecular complexity index is 662. The summed E-state index contributed by atoms with van der Waals surface area (Å²) >= 11 is 11.4. The Kier molecular flexibility index (Phi) is 4.47. The number of benzene rings is 2. The van der Waals surface area contributed by atoms with E-state index >= 15 is 0 Å². The van der Waals surface area contributed by atoms with E-state index in [1.165, 1.54) is 18.2 Å². The Hall–Kier alpha value is -1.78. The van der Waals surface area contributed by atoms with Crippen LogP contribution in [0.25, 0.3) is 0 Å². The van der Waals surface area contributed by atoms with Crippen molar-refractivity contribution >= 4 is 34.9 Å². The van der Waals surface area contributed by atoms with Crippen molar-refractivity contribution in [1.82, 2.24) is 0 Å². The van der Waals surface area contributed by atoms with Crippen molar-refractivity contribution in [2.75, 3.05) is 5.32 Å². The summed E-state index contributed by atoms with van der Waals surface area (Å²) in [6.07, 6.45) is 0. The number of rotatable bonds is 4. The summed E-state index contributed by atoms with van der Waals surface area (Å²) in [7, 11) is 0. The molecule has 0 spiro atoms. The van der Waals surface area contributed by atoms with E-state index in [1.807, 2.05) is 0 Å². The fourth-order valence-corrected chi connectivity index (χ4v) is 2.02. The number of aromatic carboxylic acids is 1. The Morgan fingerprint density at radius 2 is 1.95 bits per heavy atom. The second-order valence-corrected chi connectivity index (χ2v) is 4.93. The highest BCUT2D eigenvalue weighted by atomic mass is 35.5. The molecular weight excluding hydrogens is 304 g/mol. The average molecular weight is 314 g/mol. The van der Waals surface area contributed by atoms with Gasteiger partial charge >= 0.3 is 5.97 Å². The third-order valence-corrected chi connectivity index (χ3v) is 3.26. The lowest BCUT2D eigenvalue weighted by Gasteiger charge is -2.09. The Morgan fingerprint density at radius 1 is 1.20 bits per heavy atom. The molecule has 0 fully saturated rings. The van der Waals surface area contributed by atoms with Crippen molar-refractivity contribution in [3.63, 3.8) is 0 Å². The maximum absolute atomic E-state index is 13.6. The third-order valence-electron chi connectivity index (χ3n) is 2.69. The molecule has 104 valence electrons. The zero-order chi connectivity index (χ0) is 14.7. The van der Waals surface area contributed by atoms with Crippen LogP contribution in [0.2, 0.25) is 10.0 Å². The van der Waals surface area contributed by atoms with Crippen LogP contribution in [0.1, 0.15) is 15.9 Å². The van der Waals surface area contributed by atoms with Gasteiger partial charge in [0.05, 0.1) is 10.6 Å². The molecule has 0 atom stereocenters. The maximum Gasteiger partial charge on any atom is 0.337 e. The molecule has 6 heteroatoms. The van der Waals surface area contributed by atoms with Crippen LogP contribution in [0.3, 0.4) is 0 Å². The van der Waals surface area contributed by atoms with Gasteiger partial charge in [-0.25, -0.2) is 9.18 Å². The highest BCUT2D eigenvalue weighted by molar-refractivity contribution is 6.33. The first-order valence-corrected chi connectivity index (χ1v) is 6.43. The number of halogens is 3. The average Bonchev–Trinajstić information content (AvgIpc) is 2.39. The van der Waals surface area contributed by atoms with Crippen molar-refractivity contribution in [2.45, 2.75) is 6.54 Å². The van der Waals surface area contributed by atoms with Crippen LogP contribution in [0.15, 0.2) is 36.4 Å². The third kappa shape index (κ3) is 3.40. The lowest BCUT2D eigenvalue weighted by atomic mass is 10.1. The number of carboxylic acid groups (broad SMARTS) is 1. The molecule has 0 amide bonds. The fraction of sp³-hybridized carbons (Fsp3) is 0.0714. The normalized spacial score (nSPS) is 10.3. The van der Waals surface area contributed by atoms with E-state index in [2.05, 4.69) is 5.32 Å². The highest BCUT2D eigenvalue weighted by Crippen LogP contribution is 2.22. The summed E-state index contributed by atoms with van der Waals surface area (Å²) in [6, 6.07) is 8.89. The number of carboxylic acids is 1. The molecule has 0 aromatic heterocycles. The van der Waals surface area contributed by atoms with Crippen LogP contribution in [-0.2, 0) is 6.54 Å². The van der Waals surface area contributed by atoms with Crippen molar-refractivity contribution in [3.05, 3.63) is 63.4 Å². The van der Waals surface area contributed by atoms with Crippen molar-refractivity contribution < 1.29 is 14.3 Å². The molecule has 0 radical (unpaired) electrons. The van der Waals surface area contributed by atoms with Crippen molar-refractivity contribution in [2.24, 2.45) is 0 Å². The summed E-state index contributed by atoms with van der Waals surface area (Å²) in [5, 5.41) is 12.4. The van der Waals surface area contributed by atoms with E-state index in [-0.39, 0.29) is 17.1 Å². The van der Waals surface area contributed by atoms with E-state index in [0.29, 0.717) is 16.3 Å². The summed E-state index contributed by atoms with van der Waals surface area (Å²) < 4.78 is 13.6. The van der Waals surface area contributed by atoms with E-state index in [4.69, 9.17) is 28.3 Å². The number of carbonyl (C=O) groups is 1. The van der Waals surface area contributed by atoms with E-state index < -0.39 is 11.8 Å². The Balaban J connectivity index is 2.15. The van der Waals surface area contributed by atoms with Gasteiger partial charge in [-0.3, -0.25) is 0 Å². The van der Waals surface area contributed by atoms with Gasteiger partial charge in [0.15, 0.2) is 0 Å². The lowest BCUT2D eigenvalue weighted by Crippen LogP contribution is -2.04. The lowest BCUT2D eigenvalue weighted by molar-refractivity contribution is 0.0697. The minimum Gasteiger partial charge on any atom is -0.478 e. The zero-order valence-electron chi connectivity index (χ0n) is 10.2. The minimum atomic E-state index is -1.11. The molecule has 0 aliphatic heterocycles. The van der Waals surface area contributed by atoms with Crippen LogP contribution in [0.4, 0.5) is 10.1 Å². The van der Waals surface area contributed by atoms with Gasteiger partial charge < -0.3 is 10.4 Å². The van der Waals surface area contributed by atoms with Gasteiger partial charge in [-0.15, -0.1) is 0 Å². The van der Waals surface area contributed by atoms with Crippen LogP contribution >= 0.6 is 23.2 Å². The topological polar surface area (TPSA) is 49.3 Å². The zero-order valence-corrected chi connectivity index (χ0v) is 11.7. The Labute approximate surface area is 124 Å². The van der Waals surface area contributed by atoms with Gasteiger partial charge in [0.25, 0.3) is 0 Å². The SMILES string of the molecule is O=C(O)c1cc(NCc2ccc(Cl)cc2F)ccc1Cl. The van der Waals surface area contributed by atoms with Crippen LogP contribution in [-0.4, -0.2) is 11.1 Å². The summed E-state index contributed by atoms with van der Waals surface area (Å²) in [5.41, 5.74) is 0.968. The predicted octanol–water partition coefficient (Wildman–Crippen LogP) is 4.44. The van der Waals surface area contributed by atoms with Gasteiger partial charge in [0, 0.05) is 22.8 Å². The maximum atomic E-state index is 13.6. The molecule has 0 heterocycles. The standard InChI is InChI=1S/C14H10Cl2FNO2/c15-9-2-1-8(13(17)5-9)7-18-10-3-4-12(16)11(6-10)14(19)20/h1-6,18H,7H2,(H,19,20). The summed E-state index contributed by atoms with van der Waals surface area (Å²) in [5.74, 6) is -1.53. The molecule has 0 unspecified atom stereocenters. The first kappa shape index (κ1) is 14.6. The second kappa shape index (κ2) is 6.11. The molecule has 2 N–H and O–H groups in total. The second-order valence-electron chi connectivity index (χ2n) is 4.09. The van der Waals surface area contributed by atoms with Gasteiger partial charge in [-0.05, 0) is 30.3 Å². The molecule has 2 rings (SSSR count). The molecule has 0 saturated heterocycles. The molecule has 0 saturated carbocycles. The van der Waals surface area contributed by atoms with Crippen molar-refractivity contribution in [1.29, 1.82) is 0 Å². The van der Waals surface area contributed by atoms with Gasteiger partial charge in [-0.2, -0.15) is 0 Å².